The Kier molecular flexibility index (Phi) is 7.59. The van der Waals surface area contributed by atoms with Gasteiger partial charge < -0.3 is 29.7 Å². The van der Waals surface area contributed by atoms with Gasteiger partial charge in [0.05, 0.1) is 31.5 Å². The number of aliphatic imine (C=N–C) groups is 1. The fraction of sp³-hybridized carbons (Fsp3) is 0.650. The van der Waals surface area contributed by atoms with Crippen LogP contribution in [-0.2, 0) is 9.47 Å². The molecule has 0 spiro atoms. The monoisotopic (exact) mass is 376 g/mol. The van der Waals surface area contributed by atoms with Gasteiger partial charge in [-0.2, -0.15) is 0 Å². The van der Waals surface area contributed by atoms with Crippen LogP contribution < -0.4 is 10.2 Å². The minimum absolute atomic E-state index is 0.268. The van der Waals surface area contributed by atoms with E-state index in [4.69, 9.17) is 14.5 Å². The lowest BCUT2D eigenvalue weighted by Crippen LogP contribution is -2.52. The summed E-state index contributed by atoms with van der Waals surface area (Å²) in [5.41, 5.74) is 0.904. The number of ether oxygens (including phenoxy) is 2. The number of para-hydroxylation sites is 2. The van der Waals surface area contributed by atoms with Gasteiger partial charge in [-0.25, -0.2) is 0 Å². The molecule has 0 radical (unpaired) electrons. The van der Waals surface area contributed by atoms with Gasteiger partial charge in [-0.3, -0.25) is 4.99 Å². The van der Waals surface area contributed by atoms with Crippen molar-refractivity contribution in [2.45, 2.75) is 25.9 Å². The maximum Gasteiger partial charge on any atom is 0.194 e. The molecule has 1 atom stereocenters. The lowest BCUT2D eigenvalue weighted by atomic mass is 10.2. The minimum Gasteiger partial charge on any atom is -0.506 e. The summed E-state index contributed by atoms with van der Waals surface area (Å²) in [5, 5.41) is 13.4. The summed E-state index contributed by atoms with van der Waals surface area (Å²) in [5.74, 6) is 1.28. The summed E-state index contributed by atoms with van der Waals surface area (Å²) in [6.45, 7) is 9.19. The maximum absolute atomic E-state index is 10.1. The van der Waals surface area contributed by atoms with Crippen molar-refractivity contribution in [2.75, 3.05) is 64.0 Å². The molecule has 2 aliphatic heterocycles. The molecule has 3 rings (SSSR count). The van der Waals surface area contributed by atoms with Gasteiger partial charge in [0, 0.05) is 39.3 Å². The molecule has 0 saturated carbocycles. The predicted molar refractivity (Wildman–Crippen MR) is 108 cm³/mol. The van der Waals surface area contributed by atoms with Gasteiger partial charge in [0.2, 0.25) is 0 Å². The van der Waals surface area contributed by atoms with Crippen LogP contribution in [0.4, 0.5) is 5.69 Å². The van der Waals surface area contributed by atoms with Crippen molar-refractivity contribution >= 4 is 11.6 Å². The van der Waals surface area contributed by atoms with Crippen LogP contribution in [0.3, 0.4) is 0 Å². The highest BCUT2D eigenvalue weighted by Crippen LogP contribution is 2.27. The zero-order valence-corrected chi connectivity index (χ0v) is 16.3. The molecule has 0 amide bonds. The SMILES string of the molecule is CCNC(=NCCOCC1CCCO1)N1CCN(c2ccccc2O)CC1. The van der Waals surface area contributed by atoms with Gasteiger partial charge in [0.1, 0.15) is 5.75 Å². The summed E-state index contributed by atoms with van der Waals surface area (Å²) in [6, 6.07) is 7.52. The topological polar surface area (TPSA) is 69.6 Å². The zero-order chi connectivity index (χ0) is 18.9. The summed E-state index contributed by atoms with van der Waals surface area (Å²) >= 11 is 0. The van der Waals surface area contributed by atoms with E-state index in [1.165, 1.54) is 0 Å². The minimum atomic E-state index is 0.268. The van der Waals surface area contributed by atoms with E-state index in [1.807, 2.05) is 18.2 Å². The van der Waals surface area contributed by atoms with Gasteiger partial charge in [-0.15, -0.1) is 0 Å². The first-order chi connectivity index (χ1) is 13.3. The van der Waals surface area contributed by atoms with Gasteiger partial charge in [0.15, 0.2) is 5.96 Å². The Morgan fingerprint density at radius 2 is 2.11 bits per heavy atom. The number of anilines is 1. The van der Waals surface area contributed by atoms with Crippen molar-refractivity contribution in [3.05, 3.63) is 24.3 Å². The molecule has 150 valence electrons. The highest BCUT2D eigenvalue weighted by atomic mass is 16.5. The molecule has 0 bridgehead atoms. The Labute approximate surface area is 162 Å². The highest BCUT2D eigenvalue weighted by molar-refractivity contribution is 5.80. The molecule has 2 aliphatic rings. The van der Waals surface area contributed by atoms with Crippen LogP contribution in [-0.4, -0.2) is 81.2 Å². The van der Waals surface area contributed by atoms with E-state index in [0.29, 0.717) is 25.5 Å². The van der Waals surface area contributed by atoms with Crippen LogP contribution in [0.2, 0.25) is 0 Å². The van der Waals surface area contributed by atoms with Crippen molar-refractivity contribution in [1.82, 2.24) is 10.2 Å². The number of nitrogens with zero attached hydrogens (tertiary/aromatic N) is 3. The second-order valence-corrected chi connectivity index (χ2v) is 6.91. The van der Waals surface area contributed by atoms with Crippen molar-refractivity contribution in [3.8, 4) is 5.75 Å². The average Bonchev–Trinajstić information content (AvgIpc) is 3.21. The number of nitrogens with one attached hydrogen (secondary N) is 1. The lowest BCUT2D eigenvalue weighted by Gasteiger charge is -2.37. The molecule has 1 unspecified atom stereocenters. The molecule has 7 nitrogen and oxygen atoms in total. The molecule has 7 heteroatoms. The Morgan fingerprint density at radius 1 is 1.30 bits per heavy atom. The molecule has 1 aromatic rings. The predicted octanol–water partition coefficient (Wildman–Crippen LogP) is 1.68. The molecule has 27 heavy (non-hydrogen) atoms. The maximum atomic E-state index is 10.1. The van der Waals surface area contributed by atoms with E-state index in [9.17, 15) is 5.11 Å². The molecule has 0 aromatic heterocycles. The average molecular weight is 377 g/mol. The Morgan fingerprint density at radius 3 is 2.81 bits per heavy atom. The largest absolute Gasteiger partial charge is 0.506 e. The molecule has 2 saturated heterocycles. The third-order valence-corrected chi connectivity index (χ3v) is 4.96. The molecule has 2 heterocycles. The first kappa shape index (κ1) is 19.8. The summed E-state index contributed by atoms with van der Waals surface area (Å²) in [7, 11) is 0. The lowest BCUT2D eigenvalue weighted by molar-refractivity contribution is 0.0199. The molecular weight excluding hydrogens is 344 g/mol. The number of piperazine rings is 1. The Balaban J connectivity index is 1.45. The van der Waals surface area contributed by atoms with Crippen molar-refractivity contribution in [2.24, 2.45) is 4.99 Å². The Hall–Kier alpha value is -1.99. The number of phenols is 1. The molecule has 0 aliphatic carbocycles. The summed E-state index contributed by atoms with van der Waals surface area (Å²) in [4.78, 5) is 9.21. The van der Waals surface area contributed by atoms with Crippen LogP contribution in [0, 0.1) is 0 Å². The highest BCUT2D eigenvalue weighted by Gasteiger charge is 2.21. The van der Waals surface area contributed by atoms with E-state index in [0.717, 1.165) is 63.8 Å². The standard InChI is InChI=1S/C20H32N4O3/c1-2-21-20(22-9-15-26-16-17-6-5-14-27-17)24-12-10-23(11-13-24)18-7-3-4-8-19(18)25/h3-4,7-8,17,25H,2,5-6,9-16H2,1H3,(H,21,22). The number of aromatic hydroxyl groups is 1. The second kappa shape index (κ2) is 10.4. The van der Waals surface area contributed by atoms with Crippen molar-refractivity contribution in [3.63, 3.8) is 0 Å². The van der Waals surface area contributed by atoms with E-state index < -0.39 is 0 Å². The van der Waals surface area contributed by atoms with Gasteiger partial charge in [-0.05, 0) is 31.9 Å². The van der Waals surface area contributed by atoms with Gasteiger partial charge >= 0.3 is 0 Å². The molecule has 2 fully saturated rings. The molecule has 2 N–H and O–H groups in total. The van der Waals surface area contributed by atoms with E-state index in [-0.39, 0.29) is 6.10 Å². The number of benzene rings is 1. The number of guanidine groups is 1. The number of hydrogen-bond donors (Lipinski definition) is 2. The second-order valence-electron chi connectivity index (χ2n) is 6.91. The smallest absolute Gasteiger partial charge is 0.194 e. The van der Waals surface area contributed by atoms with Crippen LogP contribution >= 0.6 is 0 Å². The van der Waals surface area contributed by atoms with E-state index >= 15 is 0 Å². The number of rotatable bonds is 7. The zero-order valence-electron chi connectivity index (χ0n) is 16.3. The van der Waals surface area contributed by atoms with Crippen LogP contribution in [0.15, 0.2) is 29.3 Å². The normalized spacial score (nSPS) is 20.9. The molecular formula is C20H32N4O3. The number of hydrogen-bond acceptors (Lipinski definition) is 5. The van der Waals surface area contributed by atoms with Crippen molar-refractivity contribution < 1.29 is 14.6 Å². The first-order valence-electron chi connectivity index (χ1n) is 10.0. The molecule has 1 aromatic carbocycles. The Bertz CT molecular complexity index is 597. The van der Waals surface area contributed by atoms with Crippen LogP contribution in [0.5, 0.6) is 5.75 Å². The third kappa shape index (κ3) is 5.74. The van der Waals surface area contributed by atoms with Gasteiger partial charge in [0.25, 0.3) is 0 Å². The van der Waals surface area contributed by atoms with Crippen LogP contribution in [0.25, 0.3) is 0 Å². The van der Waals surface area contributed by atoms with Crippen molar-refractivity contribution in [1.29, 1.82) is 0 Å². The van der Waals surface area contributed by atoms with E-state index in [1.54, 1.807) is 6.07 Å². The fourth-order valence-electron chi connectivity index (χ4n) is 3.52. The van der Waals surface area contributed by atoms with E-state index in [2.05, 4.69) is 22.0 Å². The third-order valence-electron chi connectivity index (χ3n) is 4.96. The van der Waals surface area contributed by atoms with Crippen LogP contribution in [0.1, 0.15) is 19.8 Å². The summed E-state index contributed by atoms with van der Waals surface area (Å²) < 4.78 is 11.3. The van der Waals surface area contributed by atoms with Gasteiger partial charge in [-0.1, -0.05) is 12.1 Å². The quantitative estimate of drug-likeness (QED) is 0.429. The first-order valence-corrected chi connectivity index (χ1v) is 10.0. The summed E-state index contributed by atoms with van der Waals surface area (Å²) in [6.07, 6.45) is 2.51. The fourth-order valence-corrected chi connectivity index (χ4v) is 3.52. The number of phenolic OH excluding ortho intramolecular Hbond substituents is 1.